The molecule has 0 saturated heterocycles. The summed E-state index contributed by atoms with van der Waals surface area (Å²) in [4.78, 5) is 4.02. The molecule has 0 radical (unpaired) electrons. The van der Waals surface area contributed by atoms with E-state index in [0.29, 0.717) is 10.9 Å². The van der Waals surface area contributed by atoms with E-state index in [0.717, 1.165) is 0 Å². The van der Waals surface area contributed by atoms with Crippen molar-refractivity contribution in [1.82, 2.24) is 4.98 Å². The summed E-state index contributed by atoms with van der Waals surface area (Å²) in [5, 5.41) is 0.759. The molecule has 6 heteroatoms. The first-order valence-corrected chi connectivity index (χ1v) is 7.48. The van der Waals surface area contributed by atoms with Gasteiger partial charge in [-0.2, -0.15) is 0 Å². The van der Waals surface area contributed by atoms with Crippen LogP contribution in [0, 0.1) is 5.82 Å². The summed E-state index contributed by atoms with van der Waals surface area (Å²) in [6, 6.07) is 6.34. The number of hydrogen-bond acceptors (Lipinski definition) is 3. The number of para-hydroxylation sites is 1. The fraction of sp³-hybridized carbons (Fsp3) is 0.286. The number of pyridine rings is 1. The molecule has 0 saturated carbocycles. The predicted molar refractivity (Wildman–Crippen MR) is 82.2 cm³/mol. The van der Waals surface area contributed by atoms with Crippen molar-refractivity contribution in [3.8, 4) is 0 Å². The number of benzene rings is 1. The summed E-state index contributed by atoms with van der Waals surface area (Å²) in [6.45, 7) is 5.49. The molecule has 0 fully saturated rings. The maximum atomic E-state index is 13.6. The molecule has 20 heavy (non-hydrogen) atoms. The molecule has 0 bridgehead atoms. The van der Waals surface area contributed by atoms with Crippen LogP contribution in [0.25, 0.3) is 10.9 Å². The molecule has 2 aromatic rings. The molecule has 1 unspecified atom stereocenters. The number of aromatic nitrogens is 1. The molecule has 0 spiro atoms. The van der Waals surface area contributed by atoms with Crippen molar-refractivity contribution in [1.29, 1.82) is 0 Å². The second kappa shape index (κ2) is 5.68. The highest BCUT2D eigenvalue weighted by Gasteiger charge is 2.25. The van der Waals surface area contributed by atoms with Gasteiger partial charge in [0.25, 0.3) is 0 Å². The average molecular weight is 313 g/mol. The molecular formula is C14H14ClFN2OS. The third kappa shape index (κ3) is 3.29. The van der Waals surface area contributed by atoms with Crippen LogP contribution in [0.5, 0.6) is 0 Å². The number of rotatable bonds is 2. The smallest absolute Gasteiger partial charge is 0.149 e. The van der Waals surface area contributed by atoms with E-state index in [4.69, 9.17) is 11.6 Å². The van der Waals surface area contributed by atoms with E-state index in [2.05, 4.69) is 9.38 Å². The van der Waals surface area contributed by atoms with Gasteiger partial charge in [-0.25, -0.2) is 9.37 Å². The van der Waals surface area contributed by atoms with Crippen LogP contribution in [0.3, 0.4) is 0 Å². The van der Waals surface area contributed by atoms with Gasteiger partial charge >= 0.3 is 0 Å². The van der Waals surface area contributed by atoms with Crippen LogP contribution in [0.15, 0.2) is 28.7 Å². The van der Waals surface area contributed by atoms with Gasteiger partial charge in [0.1, 0.15) is 32.6 Å². The molecule has 1 heterocycles. The van der Waals surface area contributed by atoms with Crippen LogP contribution in [-0.4, -0.2) is 20.5 Å². The van der Waals surface area contributed by atoms with Gasteiger partial charge in [0.2, 0.25) is 0 Å². The van der Waals surface area contributed by atoms with E-state index in [1.54, 1.807) is 18.2 Å². The summed E-state index contributed by atoms with van der Waals surface area (Å²) in [7, 11) is 0. The van der Waals surface area contributed by atoms with E-state index < -0.39 is 21.9 Å². The van der Waals surface area contributed by atoms with Crippen LogP contribution in [-0.2, 0) is 11.4 Å². The molecule has 1 aromatic carbocycles. The second-order valence-corrected chi connectivity index (χ2v) is 7.57. The van der Waals surface area contributed by atoms with E-state index in [-0.39, 0.29) is 10.7 Å². The summed E-state index contributed by atoms with van der Waals surface area (Å²) in [5.41, 5.74) is 0.731. The highest BCUT2D eigenvalue weighted by atomic mass is 35.5. The maximum absolute atomic E-state index is 13.6. The minimum absolute atomic E-state index is 0.136. The molecule has 3 nitrogen and oxygen atoms in total. The van der Waals surface area contributed by atoms with Crippen molar-refractivity contribution < 1.29 is 8.94 Å². The zero-order chi connectivity index (χ0) is 14.9. The molecule has 0 aliphatic heterocycles. The lowest BCUT2D eigenvalue weighted by molar-refractivity contribution is 0.562. The Kier molecular flexibility index (Phi) is 4.32. The topological polar surface area (TPSA) is 48.3 Å². The van der Waals surface area contributed by atoms with Gasteiger partial charge in [0, 0.05) is 10.9 Å². The Balaban J connectivity index is 2.41. The van der Waals surface area contributed by atoms with Crippen LogP contribution in [0.2, 0.25) is 5.15 Å². The Morgan fingerprint density at radius 2 is 2.10 bits per heavy atom. The lowest BCUT2D eigenvalue weighted by atomic mass is 10.1. The molecule has 0 N–H and O–H groups in total. The molecular weight excluding hydrogens is 299 g/mol. The standard InChI is InChI=1S/C14H14ClFN2OS/c1-14(2,3)20(19)17-8-10-7-9-5-4-6-11(16)12(9)18-13(10)15/h4-8H,1-3H3/b17-8+. The number of nitrogens with zero attached hydrogens (tertiary/aromatic N) is 2. The highest BCUT2D eigenvalue weighted by Crippen LogP contribution is 2.22. The van der Waals surface area contributed by atoms with Gasteiger partial charge in [-0.1, -0.05) is 28.1 Å². The molecule has 0 amide bonds. The molecule has 0 aliphatic carbocycles. The van der Waals surface area contributed by atoms with Gasteiger partial charge in [0.05, 0.1) is 6.21 Å². The minimum atomic E-state index is -1.38. The van der Waals surface area contributed by atoms with Gasteiger partial charge in [-0.3, -0.25) is 0 Å². The third-order valence-electron chi connectivity index (χ3n) is 2.59. The number of fused-ring (bicyclic) bond motifs is 1. The number of halogens is 2. The monoisotopic (exact) mass is 312 g/mol. The van der Waals surface area contributed by atoms with Gasteiger partial charge < -0.3 is 4.55 Å². The quantitative estimate of drug-likeness (QED) is 0.479. The molecule has 1 aromatic heterocycles. The fourth-order valence-electron chi connectivity index (χ4n) is 1.51. The van der Waals surface area contributed by atoms with Crippen molar-refractivity contribution >= 4 is 40.1 Å². The molecule has 0 aliphatic rings. The van der Waals surface area contributed by atoms with E-state index >= 15 is 0 Å². The Hall–Kier alpha value is -1.17. The zero-order valence-electron chi connectivity index (χ0n) is 11.4. The second-order valence-electron chi connectivity index (χ2n) is 5.28. The Labute approximate surface area is 125 Å². The predicted octanol–water partition coefficient (Wildman–Crippen LogP) is 3.91. The largest absolute Gasteiger partial charge is 0.591 e. The summed E-state index contributed by atoms with van der Waals surface area (Å²) < 4.78 is 29.0. The van der Waals surface area contributed by atoms with Crippen LogP contribution in [0.4, 0.5) is 4.39 Å². The van der Waals surface area contributed by atoms with E-state index in [1.807, 2.05) is 20.8 Å². The molecule has 1 atom stereocenters. The van der Waals surface area contributed by atoms with Crippen molar-refractivity contribution in [2.45, 2.75) is 25.5 Å². The van der Waals surface area contributed by atoms with Crippen molar-refractivity contribution in [2.75, 3.05) is 0 Å². The Morgan fingerprint density at radius 3 is 2.75 bits per heavy atom. The highest BCUT2D eigenvalue weighted by molar-refractivity contribution is 7.91. The van der Waals surface area contributed by atoms with Crippen molar-refractivity contribution in [3.63, 3.8) is 0 Å². The Morgan fingerprint density at radius 1 is 1.40 bits per heavy atom. The van der Waals surface area contributed by atoms with Crippen molar-refractivity contribution in [2.24, 2.45) is 4.40 Å². The van der Waals surface area contributed by atoms with Crippen LogP contribution < -0.4 is 0 Å². The first-order chi connectivity index (χ1) is 9.29. The lowest BCUT2D eigenvalue weighted by Gasteiger charge is -2.17. The van der Waals surface area contributed by atoms with Gasteiger partial charge in [-0.15, -0.1) is 0 Å². The third-order valence-corrected chi connectivity index (χ3v) is 4.24. The average Bonchev–Trinajstić information content (AvgIpc) is 2.36. The summed E-state index contributed by atoms with van der Waals surface area (Å²) in [6.07, 6.45) is 1.42. The number of hydrogen-bond donors (Lipinski definition) is 0. The Bertz CT molecular complexity index is 670. The van der Waals surface area contributed by atoms with Gasteiger partial charge in [-0.05, 0) is 32.9 Å². The van der Waals surface area contributed by atoms with E-state index in [1.165, 1.54) is 12.3 Å². The van der Waals surface area contributed by atoms with Crippen LogP contribution in [0.1, 0.15) is 26.3 Å². The summed E-state index contributed by atoms with van der Waals surface area (Å²) >= 11 is 4.63. The minimum Gasteiger partial charge on any atom is -0.591 e. The normalized spacial score (nSPS) is 14.1. The molecule has 2 rings (SSSR count). The van der Waals surface area contributed by atoms with Crippen LogP contribution >= 0.6 is 11.6 Å². The van der Waals surface area contributed by atoms with E-state index in [9.17, 15) is 8.94 Å². The first kappa shape index (κ1) is 15.2. The SMILES string of the molecule is CC(C)(C)[S+]([O-])/N=C/c1cc2cccc(F)c2nc1Cl. The first-order valence-electron chi connectivity index (χ1n) is 6.00. The summed E-state index contributed by atoms with van der Waals surface area (Å²) in [5.74, 6) is -0.425. The maximum Gasteiger partial charge on any atom is 0.149 e. The van der Waals surface area contributed by atoms with Crippen molar-refractivity contribution in [3.05, 3.63) is 40.8 Å². The zero-order valence-corrected chi connectivity index (χ0v) is 12.9. The fourth-order valence-corrected chi connectivity index (χ4v) is 2.22. The van der Waals surface area contributed by atoms with Gasteiger partial charge in [0.15, 0.2) is 0 Å². The molecule has 106 valence electrons. The lowest BCUT2D eigenvalue weighted by Crippen LogP contribution is -2.25.